The average molecular weight is 363 g/mol. The zero-order valence-corrected chi connectivity index (χ0v) is 17.5. The SMILES string of the molecule is CC(COC(C)C)CC(C)Cc1ccc(OC2CC(OC(C)C)C2)cc1. The molecule has 0 radical (unpaired) electrons. The van der Waals surface area contributed by atoms with E-state index in [-0.39, 0.29) is 0 Å². The summed E-state index contributed by atoms with van der Waals surface area (Å²) in [5.41, 5.74) is 1.39. The highest BCUT2D eigenvalue weighted by molar-refractivity contribution is 5.28. The van der Waals surface area contributed by atoms with Crippen molar-refractivity contribution < 1.29 is 14.2 Å². The Kier molecular flexibility index (Phi) is 8.43. The van der Waals surface area contributed by atoms with Gasteiger partial charge in [-0.3, -0.25) is 0 Å². The fourth-order valence-corrected chi connectivity index (χ4v) is 3.60. The Morgan fingerprint density at radius 1 is 0.846 bits per heavy atom. The third-order valence-corrected chi connectivity index (χ3v) is 4.85. The number of benzene rings is 1. The van der Waals surface area contributed by atoms with Gasteiger partial charge in [0.15, 0.2) is 0 Å². The van der Waals surface area contributed by atoms with Crippen LogP contribution in [0.25, 0.3) is 0 Å². The minimum absolute atomic E-state index is 0.307. The van der Waals surface area contributed by atoms with E-state index < -0.39 is 0 Å². The molecule has 0 bridgehead atoms. The van der Waals surface area contributed by atoms with Crippen LogP contribution in [0.2, 0.25) is 0 Å². The van der Waals surface area contributed by atoms with Crippen LogP contribution in [-0.2, 0) is 15.9 Å². The molecule has 2 unspecified atom stereocenters. The molecule has 0 aromatic heterocycles. The molecule has 0 aliphatic heterocycles. The van der Waals surface area contributed by atoms with Gasteiger partial charge in [-0.2, -0.15) is 0 Å². The molecule has 148 valence electrons. The summed E-state index contributed by atoms with van der Waals surface area (Å²) in [6, 6.07) is 8.65. The fourth-order valence-electron chi connectivity index (χ4n) is 3.60. The van der Waals surface area contributed by atoms with Gasteiger partial charge in [-0.1, -0.05) is 26.0 Å². The molecule has 0 spiro atoms. The summed E-state index contributed by atoms with van der Waals surface area (Å²) in [5, 5.41) is 0. The van der Waals surface area contributed by atoms with Gasteiger partial charge in [0.25, 0.3) is 0 Å². The molecule has 3 heteroatoms. The van der Waals surface area contributed by atoms with Gasteiger partial charge in [0, 0.05) is 19.4 Å². The molecule has 0 N–H and O–H groups in total. The van der Waals surface area contributed by atoms with Crippen molar-refractivity contribution in [2.24, 2.45) is 11.8 Å². The molecule has 1 saturated carbocycles. The predicted molar refractivity (Wildman–Crippen MR) is 108 cm³/mol. The average Bonchev–Trinajstić information content (AvgIpc) is 2.52. The molecular formula is C23H38O3. The molecule has 1 aromatic rings. The molecule has 1 aromatic carbocycles. The normalized spacial score (nSPS) is 22.3. The zero-order chi connectivity index (χ0) is 19.1. The van der Waals surface area contributed by atoms with Crippen LogP contribution >= 0.6 is 0 Å². The van der Waals surface area contributed by atoms with Crippen LogP contribution < -0.4 is 4.74 Å². The summed E-state index contributed by atoms with van der Waals surface area (Å²) >= 11 is 0. The van der Waals surface area contributed by atoms with E-state index >= 15 is 0 Å². The largest absolute Gasteiger partial charge is 0.490 e. The lowest BCUT2D eigenvalue weighted by Crippen LogP contribution is -2.40. The lowest BCUT2D eigenvalue weighted by Gasteiger charge is -2.36. The van der Waals surface area contributed by atoms with Crippen LogP contribution in [0.5, 0.6) is 5.75 Å². The Labute approximate surface area is 160 Å². The molecule has 1 fully saturated rings. The van der Waals surface area contributed by atoms with Crippen LogP contribution in [0.15, 0.2) is 24.3 Å². The third-order valence-electron chi connectivity index (χ3n) is 4.85. The van der Waals surface area contributed by atoms with E-state index in [0.29, 0.717) is 36.3 Å². The van der Waals surface area contributed by atoms with Crippen molar-refractivity contribution in [1.82, 2.24) is 0 Å². The molecule has 1 aliphatic rings. The third kappa shape index (κ3) is 7.67. The summed E-state index contributed by atoms with van der Waals surface area (Å²) in [7, 11) is 0. The maximum Gasteiger partial charge on any atom is 0.119 e. The van der Waals surface area contributed by atoms with E-state index in [9.17, 15) is 0 Å². The van der Waals surface area contributed by atoms with Gasteiger partial charge in [-0.25, -0.2) is 0 Å². The maximum atomic E-state index is 6.04. The lowest BCUT2D eigenvalue weighted by molar-refractivity contribution is -0.0849. The Morgan fingerprint density at radius 2 is 1.50 bits per heavy atom. The highest BCUT2D eigenvalue weighted by Gasteiger charge is 2.32. The molecule has 2 atom stereocenters. The Bertz CT molecular complexity index is 503. The number of rotatable bonds is 11. The van der Waals surface area contributed by atoms with Crippen molar-refractivity contribution >= 4 is 0 Å². The van der Waals surface area contributed by atoms with Crippen molar-refractivity contribution in [3.63, 3.8) is 0 Å². The second-order valence-corrected chi connectivity index (χ2v) is 8.69. The van der Waals surface area contributed by atoms with Crippen molar-refractivity contribution in [3.8, 4) is 5.75 Å². The van der Waals surface area contributed by atoms with Gasteiger partial charge in [0.05, 0.1) is 18.3 Å². The van der Waals surface area contributed by atoms with Crippen molar-refractivity contribution in [2.45, 2.75) is 91.6 Å². The smallest absolute Gasteiger partial charge is 0.119 e. The maximum absolute atomic E-state index is 6.04. The van der Waals surface area contributed by atoms with Crippen LogP contribution in [0, 0.1) is 11.8 Å². The van der Waals surface area contributed by atoms with Crippen molar-refractivity contribution in [1.29, 1.82) is 0 Å². The second-order valence-electron chi connectivity index (χ2n) is 8.69. The summed E-state index contributed by atoms with van der Waals surface area (Å²) in [6.45, 7) is 13.8. The van der Waals surface area contributed by atoms with Crippen LogP contribution in [0.3, 0.4) is 0 Å². The zero-order valence-electron chi connectivity index (χ0n) is 17.5. The lowest BCUT2D eigenvalue weighted by atomic mass is 9.91. The van der Waals surface area contributed by atoms with E-state index in [0.717, 1.165) is 31.6 Å². The van der Waals surface area contributed by atoms with Crippen LogP contribution in [-0.4, -0.2) is 31.0 Å². The molecule has 3 nitrogen and oxygen atoms in total. The van der Waals surface area contributed by atoms with Gasteiger partial charge in [-0.15, -0.1) is 0 Å². The summed E-state index contributed by atoms with van der Waals surface area (Å²) in [5.74, 6) is 2.25. The van der Waals surface area contributed by atoms with Crippen LogP contribution in [0.1, 0.15) is 66.4 Å². The Morgan fingerprint density at radius 3 is 2.08 bits per heavy atom. The molecule has 1 aliphatic carbocycles. The molecular weight excluding hydrogens is 324 g/mol. The minimum Gasteiger partial charge on any atom is -0.490 e. The topological polar surface area (TPSA) is 27.7 Å². The highest BCUT2D eigenvalue weighted by atomic mass is 16.5. The van der Waals surface area contributed by atoms with E-state index in [1.54, 1.807) is 0 Å². The van der Waals surface area contributed by atoms with Gasteiger partial charge in [-0.05, 0) is 70.1 Å². The van der Waals surface area contributed by atoms with E-state index in [4.69, 9.17) is 14.2 Å². The first-order chi connectivity index (χ1) is 12.3. The van der Waals surface area contributed by atoms with Crippen LogP contribution in [0.4, 0.5) is 0 Å². The van der Waals surface area contributed by atoms with Gasteiger partial charge in [0.1, 0.15) is 11.9 Å². The van der Waals surface area contributed by atoms with Gasteiger partial charge < -0.3 is 14.2 Å². The first kappa shape index (κ1) is 21.2. The monoisotopic (exact) mass is 362 g/mol. The molecule has 0 saturated heterocycles. The minimum atomic E-state index is 0.307. The molecule has 0 heterocycles. The Hall–Kier alpha value is -1.06. The fraction of sp³-hybridized carbons (Fsp3) is 0.739. The molecule has 26 heavy (non-hydrogen) atoms. The second kappa shape index (κ2) is 10.3. The first-order valence-electron chi connectivity index (χ1n) is 10.3. The number of ether oxygens (including phenoxy) is 3. The van der Waals surface area contributed by atoms with E-state index in [1.807, 2.05) is 0 Å². The van der Waals surface area contributed by atoms with Crippen molar-refractivity contribution in [2.75, 3.05) is 6.61 Å². The Balaban J connectivity index is 1.69. The van der Waals surface area contributed by atoms with E-state index in [2.05, 4.69) is 65.8 Å². The quantitative estimate of drug-likeness (QED) is 0.509. The van der Waals surface area contributed by atoms with Crippen molar-refractivity contribution in [3.05, 3.63) is 29.8 Å². The number of hydrogen-bond acceptors (Lipinski definition) is 3. The summed E-state index contributed by atoms with van der Waals surface area (Å²) in [4.78, 5) is 0. The predicted octanol–water partition coefficient (Wildman–Crippen LogP) is 5.65. The van der Waals surface area contributed by atoms with Gasteiger partial charge >= 0.3 is 0 Å². The number of hydrogen-bond donors (Lipinski definition) is 0. The summed E-state index contributed by atoms with van der Waals surface area (Å²) in [6.07, 6.45) is 5.64. The molecule has 2 rings (SSSR count). The first-order valence-corrected chi connectivity index (χ1v) is 10.3. The van der Waals surface area contributed by atoms with E-state index in [1.165, 1.54) is 12.0 Å². The molecule has 0 amide bonds. The summed E-state index contributed by atoms with van der Waals surface area (Å²) < 4.78 is 17.6. The standard InChI is InChI=1S/C23H38O3/c1-16(2)24-15-19(6)11-18(5)12-20-7-9-21(10-8-20)26-23-13-22(14-23)25-17(3)4/h7-10,16-19,22-23H,11-15H2,1-6H3. The van der Waals surface area contributed by atoms with Gasteiger partial charge in [0.2, 0.25) is 0 Å². The highest BCUT2D eigenvalue weighted by Crippen LogP contribution is 2.29.